The summed E-state index contributed by atoms with van der Waals surface area (Å²) < 4.78 is 0. The Labute approximate surface area is 264 Å². The predicted octanol–water partition coefficient (Wildman–Crippen LogP) is 11.4. The monoisotopic (exact) mass is 622 g/mol. The van der Waals surface area contributed by atoms with E-state index in [0.717, 1.165) is 58.7 Å². The van der Waals surface area contributed by atoms with Crippen molar-refractivity contribution in [3.63, 3.8) is 0 Å². The first-order valence-electron chi connectivity index (χ1n) is 18.3. The molecule has 1 aromatic rings. The fourth-order valence-electron chi connectivity index (χ4n) is 12.5. The van der Waals surface area contributed by atoms with E-state index in [0.29, 0.717) is 10.3 Å². The fourth-order valence-corrected chi connectivity index (χ4v) is 22.0. The summed E-state index contributed by atoms with van der Waals surface area (Å²) in [6.45, 7) is 23.0. The Morgan fingerprint density at radius 1 is 0.571 bits per heavy atom. The molecule has 0 amide bonds. The van der Waals surface area contributed by atoms with Gasteiger partial charge in [-0.25, -0.2) is 0 Å². The summed E-state index contributed by atoms with van der Waals surface area (Å²) in [6.07, 6.45) is 18.9. The van der Waals surface area contributed by atoms with Crippen LogP contribution in [0.2, 0.25) is 19.6 Å². The molecular formula is C39H64P2Si. The minimum atomic E-state index is -1.37. The molecular weight excluding hydrogens is 558 g/mol. The van der Waals surface area contributed by atoms with Crippen LogP contribution in [0.4, 0.5) is 0 Å². The summed E-state index contributed by atoms with van der Waals surface area (Å²) >= 11 is 0. The molecule has 0 radical (unpaired) electrons. The maximum atomic E-state index is 2.84. The van der Waals surface area contributed by atoms with Crippen molar-refractivity contribution in [2.45, 2.75) is 159 Å². The molecule has 0 saturated heterocycles. The zero-order chi connectivity index (χ0) is 29.8. The minimum Gasteiger partial charge on any atom is -0.0947 e. The van der Waals surface area contributed by atoms with Crippen molar-refractivity contribution in [2.24, 2.45) is 47.3 Å². The van der Waals surface area contributed by atoms with E-state index in [2.05, 4.69) is 79.4 Å². The largest absolute Gasteiger partial charge is 0.0947 e. The van der Waals surface area contributed by atoms with Crippen molar-refractivity contribution in [3.8, 4) is 0 Å². The van der Waals surface area contributed by atoms with Crippen LogP contribution in [-0.4, -0.2) is 29.7 Å². The van der Waals surface area contributed by atoms with Gasteiger partial charge in [0.1, 0.15) is 0 Å². The number of benzene rings is 1. The summed E-state index contributed by atoms with van der Waals surface area (Å²) in [6, 6.07) is 8.11. The van der Waals surface area contributed by atoms with Crippen molar-refractivity contribution in [1.82, 2.24) is 0 Å². The Kier molecular flexibility index (Phi) is 8.05. The van der Waals surface area contributed by atoms with E-state index in [1.54, 1.807) is 75.0 Å². The van der Waals surface area contributed by atoms with Crippen molar-refractivity contribution >= 4 is 29.1 Å². The summed E-state index contributed by atoms with van der Waals surface area (Å²) in [4.78, 5) is 0. The SMILES string of the molecule is CC(C)(C)P(Cc1ccc([Si](C)(C)C)cc1CP(C1C2CC3CC(C2)CC1C3)C1C2CC3CC(C2)CC1C3)C(C)(C)C. The second-order valence-corrected chi connectivity index (χ2v) is 31.1. The highest BCUT2D eigenvalue weighted by atomic mass is 31.1. The molecule has 8 fully saturated rings. The quantitative estimate of drug-likeness (QED) is 0.210. The molecule has 0 aromatic heterocycles. The minimum absolute atomic E-state index is 0.0403. The molecule has 0 aliphatic heterocycles. The van der Waals surface area contributed by atoms with E-state index >= 15 is 0 Å². The van der Waals surface area contributed by atoms with Crippen LogP contribution >= 0.6 is 15.8 Å². The van der Waals surface area contributed by atoms with Crippen molar-refractivity contribution < 1.29 is 0 Å². The first kappa shape index (κ1) is 30.9. The lowest BCUT2D eigenvalue weighted by Crippen LogP contribution is -2.52. The van der Waals surface area contributed by atoms with Crippen LogP contribution < -0.4 is 5.19 Å². The van der Waals surface area contributed by atoms with Crippen molar-refractivity contribution in [2.75, 3.05) is 0 Å². The van der Waals surface area contributed by atoms with E-state index in [-0.39, 0.29) is 15.8 Å². The Balaban J connectivity index is 1.29. The lowest BCUT2D eigenvalue weighted by molar-refractivity contribution is 0.0129. The molecule has 8 bridgehead atoms. The molecule has 0 nitrogen and oxygen atoms in total. The van der Waals surface area contributed by atoms with E-state index in [1.807, 2.05) is 5.56 Å². The van der Waals surface area contributed by atoms with Crippen LogP contribution in [0.15, 0.2) is 18.2 Å². The van der Waals surface area contributed by atoms with Gasteiger partial charge >= 0.3 is 0 Å². The van der Waals surface area contributed by atoms with Gasteiger partial charge in [0, 0.05) is 0 Å². The first-order chi connectivity index (χ1) is 19.6. The zero-order valence-corrected chi connectivity index (χ0v) is 31.7. The molecule has 9 rings (SSSR count). The molecule has 0 unspecified atom stereocenters. The molecule has 1 aromatic carbocycles. The van der Waals surface area contributed by atoms with E-state index in [1.165, 1.54) is 12.3 Å². The normalized spacial score (nSPS) is 39.9. The molecule has 0 heterocycles. The van der Waals surface area contributed by atoms with Crippen molar-refractivity contribution in [3.05, 3.63) is 29.3 Å². The Morgan fingerprint density at radius 2 is 0.976 bits per heavy atom. The topological polar surface area (TPSA) is 0 Å². The summed E-state index contributed by atoms with van der Waals surface area (Å²) in [7, 11) is -1.46. The highest BCUT2D eigenvalue weighted by Gasteiger charge is 2.56. The van der Waals surface area contributed by atoms with E-state index in [9.17, 15) is 0 Å². The summed E-state index contributed by atoms with van der Waals surface area (Å²) in [5.74, 6) is 8.78. The third-order valence-corrected chi connectivity index (χ3v) is 23.4. The van der Waals surface area contributed by atoms with Gasteiger partial charge in [0.15, 0.2) is 0 Å². The zero-order valence-electron chi connectivity index (χ0n) is 28.9. The van der Waals surface area contributed by atoms with E-state index < -0.39 is 8.07 Å². The number of hydrogen-bond acceptors (Lipinski definition) is 0. The van der Waals surface area contributed by atoms with Gasteiger partial charge in [0.25, 0.3) is 0 Å². The van der Waals surface area contributed by atoms with E-state index in [4.69, 9.17) is 0 Å². The number of rotatable bonds is 7. The van der Waals surface area contributed by atoms with Gasteiger partial charge in [-0.2, -0.15) is 0 Å². The van der Waals surface area contributed by atoms with Crippen LogP contribution in [0.25, 0.3) is 0 Å². The molecule has 3 heteroatoms. The van der Waals surface area contributed by atoms with Gasteiger partial charge in [0.05, 0.1) is 8.07 Å². The maximum Gasteiger partial charge on any atom is 0.0776 e. The standard InChI is InChI=1S/C39H64P2Si/c1-38(2,3)41(39(4,5)6)24-29-10-11-35(42(7,8)9)22-34(29)23-40(36-30-14-25-12-26(16-30)17-31(36)15-25)37-32-18-27-13-28(20-32)21-33(37)19-27/h10-11,22,25-28,30-33,36-37H,12-21,23-24H2,1-9H3. The van der Waals surface area contributed by atoms with Crippen molar-refractivity contribution in [1.29, 1.82) is 0 Å². The van der Waals surface area contributed by atoms with Crippen LogP contribution in [-0.2, 0) is 12.3 Å². The highest BCUT2D eigenvalue weighted by molar-refractivity contribution is 7.60. The molecule has 8 aliphatic carbocycles. The Morgan fingerprint density at radius 3 is 1.33 bits per heavy atom. The molecule has 234 valence electrons. The van der Waals surface area contributed by atoms with Crippen LogP contribution in [0.1, 0.15) is 117 Å². The molecule has 0 spiro atoms. The lowest BCUT2D eigenvalue weighted by atomic mass is 9.55. The molecule has 0 atom stereocenters. The lowest BCUT2D eigenvalue weighted by Gasteiger charge is -2.62. The average Bonchev–Trinajstić information content (AvgIpc) is 2.84. The fraction of sp³-hybridized carbons (Fsp3) is 0.846. The van der Waals surface area contributed by atoms with Crippen LogP contribution in [0.5, 0.6) is 0 Å². The summed E-state index contributed by atoms with van der Waals surface area (Å²) in [5, 5.41) is 2.49. The van der Waals surface area contributed by atoms with Gasteiger partial charge < -0.3 is 0 Å². The molecule has 8 aliphatic rings. The van der Waals surface area contributed by atoms with Gasteiger partial charge in [-0.3, -0.25) is 0 Å². The second-order valence-electron chi connectivity index (χ2n) is 19.7. The second kappa shape index (κ2) is 10.9. The smallest absolute Gasteiger partial charge is 0.0776 e. The van der Waals surface area contributed by atoms with Crippen LogP contribution in [0, 0.1) is 47.3 Å². The van der Waals surface area contributed by atoms with Gasteiger partial charge in [-0.15, -0.1) is 0 Å². The molecule has 42 heavy (non-hydrogen) atoms. The Bertz CT molecular complexity index is 1040. The molecule has 0 N–H and O–H groups in total. The first-order valence-corrected chi connectivity index (χ1v) is 25.0. The highest BCUT2D eigenvalue weighted by Crippen LogP contribution is 2.72. The third kappa shape index (κ3) is 5.83. The van der Waals surface area contributed by atoms with Gasteiger partial charge in [-0.1, -0.05) is 100 Å². The third-order valence-electron chi connectivity index (χ3n) is 13.5. The number of hydrogen-bond donors (Lipinski definition) is 0. The Hall–Kier alpha value is 0.297. The predicted molar refractivity (Wildman–Crippen MR) is 192 cm³/mol. The average molecular weight is 623 g/mol. The maximum absolute atomic E-state index is 2.84. The van der Waals surface area contributed by atoms with Gasteiger partial charge in [-0.05, 0) is 157 Å². The summed E-state index contributed by atoms with van der Waals surface area (Å²) in [5.41, 5.74) is 5.83. The van der Waals surface area contributed by atoms with Gasteiger partial charge in [0.2, 0.25) is 0 Å². The molecule has 8 saturated carbocycles. The van der Waals surface area contributed by atoms with Crippen LogP contribution in [0.3, 0.4) is 0 Å².